The molecule has 236 valence electrons. The number of fused-ring (bicyclic) bond motifs is 5. The lowest BCUT2D eigenvalue weighted by molar-refractivity contribution is -0.132. The fraction of sp³-hybridized carbons (Fsp3) is 0.784. The first kappa shape index (κ1) is 29.8. The van der Waals surface area contributed by atoms with E-state index in [1.54, 1.807) is 0 Å². The minimum Gasteiger partial charge on any atom is -0.342 e. The van der Waals surface area contributed by atoms with E-state index in [1.165, 1.54) is 107 Å². The second kappa shape index (κ2) is 13.2. The number of benzene rings is 1. The Morgan fingerprint density at radius 2 is 1.53 bits per heavy atom. The molecule has 1 amide bonds. The van der Waals surface area contributed by atoms with Gasteiger partial charge in [-0.1, -0.05) is 44.2 Å². The van der Waals surface area contributed by atoms with Crippen LogP contribution in [0.25, 0.3) is 11.0 Å². The molecule has 3 saturated heterocycles. The molecule has 6 nitrogen and oxygen atoms in total. The summed E-state index contributed by atoms with van der Waals surface area (Å²) in [6.45, 7) is 8.42. The number of piperidine rings is 3. The molecule has 4 heterocycles. The van der Waals surface area contributed by atoms with E-state index in [0.29, 0.717) is 18.5 Å². The van der Waals surface area contributed by atoms with Gasteiger partial charge in [-0.05, 0) is 108 Å². The van der Waals surface area contributed by atoms with Crippen molar-refractivity contribution in [1.29, 1.82) is 0 Å². The average molecular weight is 588 g/mol. The van der Waals surface area contributed by atoms with Crippen molar-refractivity contribution in [2.75, 3.05) is 32.7 Å². The topological polar surface area (TPSA) is 44.6 Å². The molecule has 0 spiro atoms. The SMILES string of the molecule is CCN(CC)C(=O)CN1CCC[C@@H](Cc2nc3ccccc3n2C2C[C@H]3CCC[C@@H](C2)N3C2C[C@H]3CCCC[C@@H](C2)C3)C1. The number of imidazole rings is 1. The van der Waals surface area contributed by atoms with E-state index < -0.39 is 0 Å². The molecule has 2 unspecified atom stereocenters. The first-order valence-electron chi connectivity index (χ1n) is 18.3. The number of hydrogen-bond donors (Lipinski definition) is 0. The number of aromatic nitrogens is 2. The van der Waals surface area contributed by atoms with Gasteiger partial charge in [0.1, 0.15) is 5.82 Å². The Kier molecular flexibility index (Phi) is 9.14. The van der Waals surface area contributed by atoms with Gasteiger partial charge in [-0.2, -0.15) is 0 Å². The molecular weight excluding hydrogens is 530 g/mol. The Morgan fingerprint density at radius 3 is 2.26 bits per heavy atom. The maximum absolute atomic E-state index is 12.9. The second-order valence-electron chi connectivity index (χ2n) is 15.1. The highest BCUT2D eigenvalue weighted by Crippen LogP contribution is 2.47. The highest BCUT2D eigenvalue weighted by atomic mass is 16.2. The molecule has 43 heavy (non-hydrogen) atoms. The number of carbonyl (C=O) groups excluding carboxylic acids is 1. The Hall–Kier alpha value is -1.92. The lowest BCUT2D eigenvalue weighted by atomic mass is 9.73. The summed E-state index contributed by atoms with van der Waals surface area (Å²) in [5.74, 6) is 4.15. The first-order valence-corrected chi connectivity index (χ1v) is 18.3. The molecule has 5 aliphatic rings. The predicted octanol–water partition coefficient (Wildman–Crippen LogP) is 7.08. The molecule has 6 heteroatoms. The van der Waals surface area contributed by atoms with Gasteiger partial charge < -0.3 is 9.47 Å². The molecule has 1 aromatic heterocycles. The van der Waals surface area contributed by atoms with Gasteiger partial charge in [-0.25, -0.2) is 4.98 Å². The Labute approximate surface area is 260 Å². The molecule has 4 bridgehead atoms. The third-order valence-electron chi connectivity index (χ3n) is 12.4. The van der Waals surface area contributed by atoms with Crippen LogP contribution in [0.15, 0.2) is 24.3 Å². The maximum Gasteiger partial charge on any atom is 0.236 e. The normalized spacial score (nSPS) is 33.8. The predicted molar refractivity (Wildman–Crippen MR) is 175 cm³/mol. The van der Waals surface area contributed by atoms with Crippen LogP contribution in [-0.2, 0) is 11.2 Å². The summed E-state index contributed by atoms with van der Waals surface area (Å²) in [5, 5.41) is 0. The van der Waals surface area contributed by atoms with Crippen molar-refractivity contribution in [3.63, 3.8) is 0 Å². The van der Waals surface area contributed by atoms with Crippen LogP contribution in [0.1, 0.15) is 116 Å². The molecule has 7 atom stereocenters. The van der Waals surface area contributed by atoms with Crippen LogP contribution in [-0.4, -0.2) is 81.0 Å². The minimum absolute atomic E-state index is 0.286. The summed E-state index contributed by atoms with van der Waals surface area (Å²) in [4.78, 5) is 25.7. The molecule has 1 aromatic carbocycles. The van der Waals surface area contributed by atoms with Gasteiger partial charge in [0.15, 0.2) is 0 Å². The summed E-state index contributed by atoms with van der Waals surface area (Å²) in [5.41, 5.74) is 2.52. The zero-order valence-electron chi connectivity index (χ0n) is 27.1. The zero-order chi connectivity index (χ0) is 29.3. The van der Waals surface area contributed by atoms with E-state index in [1.807, 2.05) is 4.90 Å². The first-order chi connectivity index (χ1) is 21.1. The lowest BCUT2D eigenvalue weighted by Crippen LogP contribution is -2.58. The van der Waals surface area contributed by atoms with Crippen LogP contribution in [0.5, 0.6) is 0 Å². The van der Waals surface area contributed by atoms with E-state index in [0.717, 1.165) is 62.6 Å². The summed E-state index contributed by atoms with van der Waals surface area (Å²) in [6.07, 6.45) is 20.7. The van der Waals surface area contributed by atoms with Gasteiger partial charge in [0.25, 0.3) is 0 Å². The number of likely N-dealkylation sites (tertiary alicyclic amines) is 1. The summed E-state index contributed by atoms with van der Waals surface area (Å²) in [6, 6.07) is 11.8. The number of carbonyl (C=O) groups is 1. The van der Waals surface area contributed by atoms with Crippen LogP contribution in [0.3, 0.4) is 0 Å². The van der Waals surface area contributed by atoms with Crippen LogP contribution in [0.4, 0.5) is 0 Å². The number of rotatable bonds is 8. The quantitative estimate of drug-likeness (QED) is 0.331. The van der Waals surface area contributed by atoms with Crippen LogP contribution in [0, 0.1) is 17.8 Å². The molecule has 3 aliphatic heterocycles. The smallest absolute Gasteiger partial charge is 0.236 e. The minimum atomic E-state index is 0.286. The number of nitrogens with zero attached hydrogens (tertiary/aromatic N) is 5. The van der Waals surface area contributed by atoms with Gasteiger partial charge in [0, 0.05) is 50.2 Å². The third kappa shape index (κ3) is 6.30. The standard InChI is InChI=1S/C37H57N5O/c1-3-40(4-2)37(43)26-39-18-10-13-29(25-39)22-36-38-34-16-7-8-17-35(34)42(36)33-23-30-14-9-15-31(24-33)41(30)32-20-27-11-5-6-12-28(19-27)21-32/h7-8,16-17,27-33H,3-6,9-15,18-26H2,1-2H3/t27-,28+,29-,30-,31+,32?,33?/m0/s1. The van der Waals surface area contributed by atoms with Gasteiger partial charge in [0.2, 0.25) is 5.91 Å². The monoisotopic (exact) mass is 587 g/mol. The molecule has 2 aliphatic carbocycles. The number of amides is 1. The fourth-order valence-electron chi connectivity index (χ4n) is 10.5. The van der Waals surface area contributed by atoms with Gasteiger partial charge in [-0.15, -0.1) is 0 Å². The van der Waals surface area contributed by atoms with Crippen LogP contribution < -0.4 is 0 Å². The molecule has 0 radical (unpaired) electrons. The molecular formula is C37H57N5O. The molecule has 0 N–H and O–H groups in total. The van der Waals surface area contributed by atoms with Gasteiger partial charge >= 0.3 is 0 Å². The molecule has 7 rings (SSSR count). The van der Waals surface area contributed by atoms with Crippen molar-refractivity contribution in [2.24, 2.45) is 17.8 Å². The van der Waals surface area contributed by atoms with Crippen molar-refractivity contribution in [3.05, 3.63) is 30.1 Å². The van der Waals surface area contributed by atoms with Crippen molar-refractivity contribution < 1.29 is 4.79 Å². The number of hydrogen-bond acceptors (Lipinski definition) is 4. The van der Waals surface area contributed by atoms with Crippen LogP contribution in [0.2, 0.25) is 0 Å². The molecule has 2 saturated carbocycles. The van der Waals surface area contributed by atoms with E-state index in [-0.39, 0.29) is 5.91 Å². The Morgan fingerprint density at radius 1 is 0.814 bits per heavy atom. The molecule has 5 fully saturated rings. The van der Waals surface area contributed by atoms with E-state index in [4.69, 9.17) is 4.98 Å². The highest BCUT2D eigenvalue weighted by molar-refractivity contribution is 5.78. The second-order valence-corrected chi connectivity index (χ2v) is 15.1. The summed E-state index contributed by atoms with van der Waals surface area (Å²) >= 11 is 0. The van der Waals surface area contributed by atoms with E-state index in [9.17, 15) is 4.79 Å². The van der Waals surface area contributed by atoms with E-state index >= 15 is 0 Å². The zero-order valence-corrected chi connectivity index (χ0v) is 27.1. The van der Waals surface area contributed by atoms with E-state index in [2.05, 4.69) is 52.5 Å². The van der Waals surface area contributed by atoms with Crippen molar-refractivity contribution >= 4 is 16.9 Å². The Balaban J connectivity index is 1.09. The number of likely N-dealkylation sites (N-methyl/N-ethyl adjacent to an activating group) is 1. The Bertz CT molecular complexity index is 1210. The van der Waals surface area contributed by atoms with Crippen molar-refractivity contribution in [3.8, 4) is 0 Å². The molecule has 2 aromatic rings. The summed E-state index contributed by atoms with van der Waals surface area (Å²) < 4.78 is 2.72. The summed E-state index contributed by atoms with van der Waals surface area (Å²) in [7, 11) is 0. The van der Waals surface area contributed by atoms with Crippen LogP contribution >= 0.6 is 0 Å². The maximum atomic E-state index is 12.9. The van der Waals surface area contributed by atoms with Gasteiger partial charge in [0.05, 0.1) is 17.6 Å². The fourth-order valence-corrected chi connectivity index (χ4v) is 10.5. The lowest BCUT2D eigenvalue weighted by Gasteiger charge is -2.54. The largest absolute Gasteiger partial charge is 0.342 e. The van der Waals surface area contributed by atoms with Crippen molar-refractivity contribution in [2.45, 2.75) is 134 Å². The number of para-hydroxylation sites is 2. The third-order valence-corrected chi connectivity index (χ3v) is 12.4. The average Bonchev–Trinajstić information content (AvgIpc) is 3.27. The van der Waals surface area contributed by atoms with Crippen molar-refractivity contribution in [1.82, 2.24) is 24.3 Å². The van der Waals surface area contributed by atoms with Gasteiger partial charge in [-0.3, -0.25) is 14.6 Å². The highest BCUT2D eigenvalue weighted by Gasteiger charge is 2.45.